The maximum absolute atomic E-state index is 10.4. The lowest BCUT2D eigenvalue weighted by molar-refractivity contribution is 0.0696. The molecule has 0 radical (unpaired) electrons. The number of phenols is 1. The second kappa shape index (κ2) is 23.2. The molecule has 1 aliphatic carbocycles. The van der Waals surface area contributed by atoms with Crippen LogP contribution in [0.2, 0.25) is 0 Å². The summed E-state index contributed by atoms with van der Waals surface area (Å²) in [6.07, 6.45) is 19.6. The highest BCUT2D eigenvalue weighted by Gasteiger charge is 2.36. The number of phenolic OH excluding ortho intramolecular Hbond substituents is 1. The number of nitrogens with zero attached hydrogens (tertiary/aromatic N) is 5. The Morgan fingerprint density at radius 1 is 0.635 bits per heavy atom. The summed E-state index contributed by atoms with van der Waals surface area (Å²) < 4.78 is 62.8. The van der Waals surface area contributed by atoms with Gasteiger partial charge in [-0.1, -0.05) is 55.7 Å². The van der Waals surface area contributed by atoms with Crippen LogP contribution in [0.3, 0.4) is 0 Å². The first-order chi connectivity index (χ1) is 35.4. The maximum atomic E-state index is 10.4. The van der Waals surface area contributed by atoms with Crippen molar-refractivity contribution >= 4 is 43.2 Å². The number of hydrogen-bond acceptors (Lipinski definition) is 12. The van der Waals surface area contributed by atoms with Gasteiger partial charge in [0.05, 0.1) is 44.7 Å². The van der Waals surface area contributed by atoms with Crippen molar-refractivity contribution in [3.8, 4) is 29.4 Å². The molecular formula is C57H63N5O10S2. The lowest BCUT2D eigenvalue weighted by Gasteiger charge is -2.39. The van der Waals surface area contributed by atoms with Crippen molar-refractivity contribution in [2.45, 2.75) is 96.3 Å². The SMILES string of the molecule is C1CC1.CS(=O)(=O)O.CS(=O)(=O)[O-].N#Cc1ccccc1C(=O)O.N#Cc1ccccc1C1=c2cc3c4c(c2Oc2c1cc1c5c2CCCN5CCC1)CCC[N+]=4CCC3.Oc1ccc2c3c1CCCN3CCC2. The van der Waals surface area contributed by atoms with Gasteiger partial charge in [0.25, 0.3) is 10.1 Å². The van der Waals surface area contributed by atoms with Crippen molar-refractivity contribution in [3.63, 3.8) is 0 Å². The summed E-state index contributed by atoms with van der Waals surface area (Å²) in [6, 6.07) is 27.3. The van der Waals surface area contributed by atoms with Gasteiger partial charge in [0.1, 0.15) is 36.4 Å². The van der Waals surface area contributed by atoms with E-state index in [4.69, 9.17) is 32.6 Å². The first-order valence-corrected chi connectivity index (χ1v) is 29.2. The van der Waals surface area contributed by atoms with Crippen LogP contribution in [-0.4, -0.2) is 93.9 Å². The van der Waals surface area contributed by atoms with Crippen LogP contribution < -0.4 is 29.7 Å². The van der Waals surface area contributed by atoms with Gasteiger partial charge in [-0.2, -0.15) is 18.9 Å². The van der Waals surface area contributed by atoms with Crippen LogP contribution >= 0.6 is 0 Å². The van der Waals surface area contributed by atoms with Gasteiger partial charge < -0.3 is 29.3 Å². The Bertz CT molecular complexity index is 3380. The minimum Gasteiger partial charge on any atom is -0.748 e. The van der Waals surface area contributed by atoms with E-state index in [1.54, 1.807) is 18.2 Å². The van der Waals surface area contributed by atoms with E-state index in [-0.39, 0.29) is 11.1 Å². The minimum atomic E-state index is -3.92. The molecule has 5 aromatic rings. The summed E-state index contributed by atoms with van der Waals surface area (Å²) in [4.78, 5) is 15.5. The Morgan fingerprint density at radius 3 is 1.74 bits per heavy atom. The Kier molecular flexibility index (Phi) is 16.8. The molecule has 15 nitrogen and oxygen atoms in total. The summed E-state index contributed by atoms with van der Waals surface area (Å²) in [5.74, 6) is 1.54. The number of aromatic carboxylic acids is 1. The molecule has 0 aromatic heterocycles. The minimum absolute atomic E-state index is 0.0509. The number of carboxylic acids is 1. The van der Waals surface area contributed by atoms with Crippen LogP contribution in [-0.2, 0) is 58.8 Å². The molecule has 7 heterocycles. The normalized spacial score (nSPS) is 16.7. The number of hydrogen-bond donors (Lipinski definition) is 3. The van der Waals surface area contributed by atoms with E-state index in [1.807, 2.05) is 18.2 Å². The molecule has 1 fully saturated rings. The third kappa shape index (κ3) is 12.8. The fourth-order valence-corrected chi connectivity index (χ4v) is 11.1. The number of nitriles is 2. The highest BCUT2D eigenvalue weighted by atomic mass is 32.2. The standard InChI is InChI=1S/C32H30N3O.C12H15NO.C8H5NO2.C3H6.2CH4O3S/c33-19-22-7-1-2-10-23(22)28-26-17-20-8-3-13-34-15-5-11-24(29(20)34)31(26)36-32-25-12-6-16-35-14-4-9-21(30(25)35)18-27(28)32;14-11-6-5-9-3-1-7-13-8-2-4-10(11)12(9)13;9-5-6-3-1-2-4-7(6)8(10)11;1-2-3-1;2*1-5(2,3)4/h1-2,7,10,17-18H,3-6,8-9,11-16H2;5-6,14H,1-4,7-8H2;1-4H,(H,10,11);1-3H2;2*1H3,(H,2,3,4)/q+1;;;;;/p-1. The number of carboxylic acid groups (broad SMARTS) is 1. The van der Waals surface area contributed by atoms with E-state index in [1.165, 1.54) is 156 Å². The first kappa shape index (κ1) is 53.5. The molecular weight excluding hydrogens is 979 g/mol. The lowest BCUT2D eigenvalue weighted by Crippen LogP contribution is -2.45. The van der Waals surface area contributed by atoms with Crippen molar-refractivity contribution in [3.05, 3.63) is 145 Å². The molecule has 7 aliphatic heterocycles. The van der Waals surface area contributed by atoms with Gasteiger partial charge in [-0.05, 0) is 112 Å². The maximum Gasteiger partial charge on any atom is 0.337 e. The Morgan fingerprint density at radius 2 is 1.15 bits per heavy atom. The largest absolute Gasteiger partial charge is 0.748 e. The van der Waals surface area contributed by atoms with E-state index >= 15 is 0 Å². The van der Waals surface area contributed by atoms with Gasteiger partial charge in [0.15, 0.2) is 0 Å². The van der Waals surface area contributed by atoms with Gasteiger partial charge in [-0.3, -0.25) is 4.55 Å². The quantitative estimate of drug-likeness (QED) is 0.115. The fraction of sp³-hybridized carbons (Fsp3) is 0.404. The molecule has 3 N–H and O–H groups in total. The second-order valence-electron chi connectivity index (χ2n) is 19.7. The van der Waals surface area contributed by atoms with Crippen LogP contribution in [0.5, 0.6) is 17.2 Å². The third-order valence-electron chi connectivity index (χ3n) is 14.0. The zero-order chi connectivity index (χ0) is 52.7. The molecule has 74 heavy (non-hydrogen) atoms. The Labute approximate surface area is 433 Å². The number of fused-ring (bicyclic) bond motifs is 4. The molecule has 1 saturated carbocycles. The molecule has 0 atom stereocenters. The number of rotatable bonds is 2. The zero-order valence-corrected chi connectivity index (χ0v) is 43.7. The highest BCUT2D eigenvalue weighted by Crippen LogP contribution is 2.49. The number of benzene rings is 5. The van der Waals surface area contributed by atoms with Crippen molar-refractivity contribution in [1.29, 1.82) is 10.5 Å². The molecule has 17 heteroatoms. The summed E-state index contributed by atoms with van der Waals surface area (Å²) in [5.41, 5.74) is 15.5. The van der Waals surface area contributed by atoms with Crippen LogP contribution in [0.15, 0.2) is 72.8 Å². The fourth-order valence-electron chi connectivity index (χ4n) is 11.1. The van der Waals surface area contributed by atoms with Gasteiger partial charge in [-0.15, -0.1) is 0 Å². The van der Waals surface area contributed by atoms with Gasteiger partial charge >= 0.3 is 5.97 Å². The van der Waals surface area contributed by atoms with Crippen LogP contribution in [0.1, 0.15) is 124 Å². The smallest absolute Gasteiger partial charge is 0.337 e. The molecule has 0 bridgehead atoms. The second-order valence-corrected chi connectivity index (χ2v) is 22.6. The van der Waals surface area contributed by atoms with Crippen LogP contribution in [0.4, 0.5) is 11.4 Å². The molecule has 8 aliphatic rings. The molecule has 0 spiro atoms. The molecule has 0 amide bonds. The van der Waals surface area contributed by atoms with Crippen molar-refractivity contribution in [2.75, 3.05) is 61.6 Å². The molecule has 0 saturated heterocycles. The van der Waals surface area contributed by atoms with Gasteiger partial charge in [0.2, 0.25) is 5.36 Å². The molecule has 0 unspecified atom stereocenters. The van der Waals surface area contributed by atoms with E-state index in [0.29, 0.717) is 18.3 Å². The summed E-state index contributed by atoms with van der Waals surface area (Å²) in [5, 5.41) is 39.5. The van der Waals surface area contributed by atoms with E-state index in [9.17, 15) is 23.6 Å². The number of carbonyl (C=O) groups is 1. The third-order valence-corrected chi connectivity index (χ3v) is 14.0. The zero-order valence-electron chi connectivity index (χ0n) is 42.0. The first-order valence-electron chi connectivity index (χ1n) is 25.5. The molecule has 5 aromatic carbocycles. The van der Waals surface area contributed by atoms with Crippen molar-refractivity contribution in [1.82, 2.24) is 4.58 Å². The predicted octanol–water partition coefficient (Wildman–Crippen LogP) is 7.18. The van der Waals surface area contributed by atoms with Crippen molar-refractivity contribution < 1.29 is 45.7 Å². The van der Waals surface area contributed by atoms with E-state index < -0.39 is 26.2 Å². The number of ether oxygens (including phenoxy) is 1. The highest BCUT2D eigenvalue weighted by molar-refractivity contribution is 7.85. The van der Waals surface area contributed by atoms with Crippen LogP contribution in [0, 0.1) is 22.7 Å². The summed E-state index contributed by atoms with van der Waals surface area (Å²) in [7, 11) is -7.58. The lowest BCUT2D eigenvalue weighted by atomic mass is 9.82. The Balaban J connectivity index is 0.000000156. The average molecular weight is 1040 g/mol. The number of aromatic hydroxyl groups is 1. The summed E-state index contributed by atoms with van der Waals surface area (Å²) >= 11 is 0. The van der Waals surface area contributed by atoms with Gasteiger partial charge in [0, 0.05) is 95.3 Å². The number of anilines is 2. The monoisotopic (exact) mass is 1040 g/mol. The average Bonchev–Trinajstić information content (AvgIpc) is 4.28. The van der Waals surface area contributed by atoms with Crippen LogP contribution in [0.25, 0.3) is 5.57 Å². The van der Waals surface area contributed by atoms with E-state index in [2.05, 4.69) is 50.8 Å². The molecule has 13 rings (SSSR count). The predicted molar refractivity (Wildman–Crippen MR) is 283 cm³/mol. The summed E-state index contributed by atoms with van der Waals surface area (Å²) in [6.45, 7) is 6.94. The van der Waals surface area contributed by atoms with Gasteiger partial charge in [-0.25, -0.2) is 17.8 Å². The van der Waals surface area contributed by atoms with Crippen molar-refractivity contribution in [2.24, 2.45) is 0 Å². The number of aryl methyl sites for hydroxylation is 3. The topological polar surface area (TPSA) is 235 Å². The molecule has 388 valence electrons. The van der Waals surface area contributed by atoms with E-state index in [0.717, 1.165) is 80.9 Å². The Hall–Kier alpha value is -6.76.